The quantitative estimate of drug-likeness (QED) is 0.781. The molecule has 1 aromatic heterocycles. The summed E-state index contributed by atoms with van der Waals surface area (Å²) in [5.41, 5.74) is 7.11. The van der Waals surface area contributed by atoms with Gasteiger partial charge in [-0.25, -0.2) is 0 Å². The van der Waals surface area contributed by atoms with Gasteiger partial charge in [0.2, 0.25) is 0 Å². The van der Waals surface area contributed by atoms with Crippen LogP contribution in [-0.2, 0) is 6.54 Å². The van der Waals surface area contributed by atoms with Gasteiger partial charge in [-0.2, -0.15) is 0 Å². The Morgan fingerprint density at radius 2 is 2.07 bits per heavy atom. The van der Waals surface area contributed by atoms with Crippen LogP contribution in [0.25, 0.3) is 0 Å². The maximum Gasteiger partial charge on any atom is 0.0692 e. The minimum absolute atomic E-state index is 0.0297. The number of rotatable bonds is 3. The second kappa shape index (κ2) is 4.02. The number of nitrogens with zero attached hydrogens (tertiary/aromatic N) is 3. The third-order valence-electron chi connectivity index (χ3n) is 2.08. The molecule has 2 aromatic rings. The average Bonchev–Trinajstić information content (AvgIpc) is 2.72. The standard InChI is InChI=1S/C10H12N4/c11-10(8-14-7-6-12-13-14)9-4-2-1-3-5-9/h1-7,10H,8,11H2. The topological polar surface area (TPSA) is 56.7 Å². The number of hydrogen-bond donors (Lipinski definition) is 1. The molecule has 1 atom stereocenters. The lowest BCUT2D eigenvalue weighted by Crippen LogP contribution is -2.17. The minimum atomic E-state index is -0.0297. The Labute approximate surface area is 82.4 Å². The van der Waals surface area contributed by atoms with E-state index in [0.29, 0.717) is 6.54 Å². The molecule has 0 radical (unpaired) electrons. The zero-order valence-corrected chi connectivity index (χ0v) is 7.74. The predicted molar refractivity (Wildman–Crippen MR) is 53.4 cm³/mol. The van der Waals surface area contributed by atoms with Gasteiger partial charge in [0.25, 0.3) is 0 Å². The molecule has 1 heterocycles. The summed E-state index contributed by atoms with van der Waals surface area (Å²) in [7, 11) is 0. The summed E-state index contributed by atoms with van der Waals surface area (Å²) in [4.78, 5) is 0. The largest absolute Gasteiger partial charge is 0.322 e. The maximum absolute atomic E-state index is 6.00. The van der Waals surface area contributed by atoms with E-state index < -0.39 is 0 Å². The van der Waals surface area contributed by atoms with Crippen LogP contribution in [0.15, 0.2) is 42.7 Å². The highest BCUT2D eigenvalue weighted by molar-refractivity contribution is 5.18. The molecule has 0 amide bonds. The fraction of sp³-hybridized carbons (Fsp3) is 0.200. The van der Waals surface area contributed by atoms with E-state index in [1.165, 1.54) is 0 Å². The molecule has 0 aliphatic heterocycles. The molecule has 2 N–H and O–H groups in total. The number of nitrogens with two attached hydrogens (primary N) is 1. The van der Waals surface area contributed by atoms with Gasteiger partial charge in [0.1, 0.15) is 0 Å². The van der Waals surface area contributed by atoms with E-state index in [-0.39, 0.29) is 6.04 Å². The van der Waals surface area contributed by atoms with Crippen LogP contribution in [0.5, 0.6) is 0 Å². The summed E-state index contributed by atoms with van der Waals surface area (Å²) in [6.45, 7) is 0.657. The normalized spacial score (nSPS) is 12.6. The lowest BCUT2D eigenvalue weighted by molar-refractivity contribution is 0.513. The molecule has 1 aromatic carbocycles. The monoisotopic (exact) mass is 188 g/mol. The van der Waals surface area contributed by atoms with Crippen molar-refractivity contribution >= 4 is 0 Å². The van der Waals surface area contributed by atoms with Crippen molar-refractivity contribution in [1.29, 1.82) is 0 Å². The summed E-state index contributed by atoms with van der Waals surface area (Å²) < 4.78 is 1.73. The summed E-state index contributed by atoms with van der Waals surface area (Å²) >= 11 is 0. The highest BCUT2D eigenvalue weighted by Gasteiger charge is 2.05. The first-order valence-corrected chi connectivity index (χ1v) is 4.51. The van der Waals surface area contributed by atoms with Crippen molar-refractivity contribution in [2.75, 3.05) is 0 Å². The third kappa shape index (κ3) is 1.97. The van der Waals surface area contributed by atoms with Crippen LogP contribution in [0.3, 0.4) is 0 Å². The average molecular weight is 188 g/mol. The van der Waals surface area contributed by atoms with Crippen LogP contribution in [0.4, 0.5) is 0 Å². The van der Waals surface area contributed by atoms with Gasteiger partial charge < -0.3 is 5.73 Å². The zero-order chi connectivity index (χ0) is 9.80. The van der Waals surface area contributed by atoms with Crippen LogP contribution in [0.1, 0.15) is 11.6 Å². The van der Waals surface area contributed by atoms with Crippen molar-refractivity contribution in [3.8, 4) is 0 Å². The Morgan fingerprint density at radius 1 is 1.29 bits per heavy atom. The van der Waals surface area contributed by atoms with Crippen molar-refractivity contribution in [1.82, 2.24) is 15.0 Å². The Kier molecular flexibility index (Phi) is 2.55. The van der Waals surface area contributed by atoms with E-state index in [2.05, 4.69) is 10.3 Å². The van der Waals surface area contributed by atoms with Gasteiger partial charge in [-0.05, 0) is 5.56 Å². The first-order chi connectivity index (χ1) is 6.86. The summed E-state index contributed by atoms with van der Waals surface area (Å²) in [5, 5.41) is 7.59. The first kappa shape index (κ1) is 8.90. The van der Waals surface area contributed by atoms with Crippen LogP contribution in [-0.4, -0.2) is 15.0 Å². The van der Waals surface area contributed by atoms with Gasteiger partial charge in [0.15, 0.2) is 0 Å². The molecule has 14 heavy (non-hydrogen) atoms. The van der Waals surface area contributed by atoms with Gasteiger partial charge in [-0.15, -0.1) is 5.10 Å². The second-order valence-electron chi connectivity index (χ2n) is 3.14. The minimum Gasteiger partial charge on any atom is -0.322 e. The van der Waals surface area contributed by atoms with E-state index in [4.69, 9.17) is 5.73 Å². The van der Waals surface area contributed by atoms with Gasteiger partial charge in [0.05, 0.1) is 12.7 Å². The van der Waals surface area contributed by atoms with Gasteiger partial charge in [-0.3, -0.25) is 4.68 Å². The SMILES string of the molecule is NC(Cn1ccnn1)c1ccccc1. The van der Waals surface area contributed by atoms with Gasteiger partial charge in [-0.1, -0.05) is 35.5 Å². The van der Waals surface area contributed by atoms with Crippen LogP contribution in [0.2, 0.25) is 0 Å². The van der Waals surface area contributed by atoms with Gasteiger partial charge >= 0.3 is 0 Å². The molecule has 0 spiro atoms. The van der Waals surface area contributed by atoms with Crippen molar-refractivity contribution < 1.29 is 0 Å². The Hall–Kier alpha value is -1.68. The molecule has 2 rings (SSSR count). The smallest absolute Gasteiger partial charge is 0.0692 e. The van der Waals surface area contributed by atoms with Crippen molar-refractivity contribution in [2.45, 2.75) is 12.6 Å². The molecule has 1 unspecified atom stereocenters. The lowest BCUT2D eigenvalue weighted by atomic mass is 10.1. The summed E-state index contributed by atoms with van der Waals surface area (Å²) in [6.07, 6.45) is 3.46. The maximum atomic E-state index is 6.00. The summed E-state index contributed by atoms with van der Waals surface area (Å²) in [6, 6.07) is 9.94. The molecule has 0 aliphatic carbocycles. The molecular formula is C10H12N4. The molecule has 0 saturated carbocycles. The van der Waals surface area contributed by atoms with Crippen LogP contribution in [0, 0.1) is 0 Å². The molecule has 4 heteroatoms. The van der Waals surface area contributed by atoms with E-state index in [0.717, 1.165) is 5.56 Å². The van der Waals surface area contributed by atoms with E-state index in [1.54, 1.807) is 10.9 Å². The third-order valence-corrected chi connectivity index (χ3v) is 2.08. The number of aromatic nitrogens is 3. The van der Waals surface area contributed by atoms with E-state index >= 15 is 0 Å². The van der Waals surface area contributed by atoms with Crippen LogP contribution < -0.4 is 5.73 Å². The number of hydrogen-bond acceptors (Lipinski definition) is 3. The Bertz CT molecular complexity index is 368. The highest BCUT2D eigenvalue weighted by Crippen LogP contribution is 2.10. The van der Waals surface area contributed by atoms with Crippen molar-refractivity contribution in [2.24, 2.45) is 5.73 Å². The Balaban J connectivity index is 2.07. The molecule has 72 valence electrons. The molecule has 0 bridgehead atoms. The fourth-order valence-electron chi connectivity index (χ4n) is 1.34. The lowest BCUT2D eigenvalue weighted by Gasteiger charge is -2.10. The van der Waals surface area contributed by atoms with Crippen LogP contribution >= 0.6 is 0 Å². The van der Waals surface area contributed by atoms with E-state index in [1.807, 2.05) is 36.5 Å². The number of benzene rings is 1. The first-order valence-electron chi connectivity index (χ1n) is 4.51. The fourth-order valence-corrected chi connectivity index (χ4v) is 1.34. The second-order valence-corrected chi connectivity index (χ2v) is 3.14. The molecule has 0 fully saturated rings. The van der Waals surface area contributed by atoms with Gasteiger partial charge in [0, 0.05) is 12.2 Å². The predicted octanol–water partition coefficient (Wildman–Crippen LogP) is 0.978. The zero-order valence-electron chi connectivity index (χ0n) is 7.74. The van der Waals surface area contributed by atoms with E-state index in [9.17, 15) is 0 Å². The Morgan fingerprint density at radius 3 is 2.71 bits per heavy atom. The van der Waals surface area contributed by atoms with Crippen molar-refractivity contribution in [3.05, 3.63) is 48.3 Å². The summed E-state index contributed by atoms with van der Waals surface area (Å²) in [5.74, 6) is 0. The molecule has 0 aliphatic rings. The highest BCUT2D eigenvalue weighted by atomic mass is 15.4. The molecular weight excluding hydrogens is 176 g/mol. The molecule has 4 nitrogen and oxygen atoms in total. The molecule has 0 saturated heterocycles. The van der Waals surface area contributed by atoms with Crippen molar-refractivity contribution in [3.63, 3.8) is 0 Å².